The van der Waals surface area contributed by atoms with Gasteiger partial charge >= 0.3 is 16.1 Å². The molecule has 24 heavy (non-hydrogen) atoms. The molecule has 0 spiro atoms. The number of carbonyl (C=O) groups excluding carboxylic acids is 2. The number of ether oxygens (including phenoxy) is 1. The fraction of sp³-hybridized carbons (Fsp3) is 0.125. The largest absolute Gasteiger partial charge is 0.465 e. The summed E-state index contributed by atoms with van der Waals surface area (Å²) in [5.41, 5.74) is -0.0209. The summed E-state index contributed by atoms with van der Waals surface area (Å²) in [6, 6.07) is 7.80. The lowest BCUT2D eigenvalue weighted by atomic mass is 10.1. The van der Waals surface area contributed by atoms with Crippen LogP contribution in [0.2, 0.25) is 0 Å². The molecule has 6 nitrogen and oxygen atoms in total. The van der Waals surface area contributed by atoms with Gasteiger partial charge in [0, 0.05) is 0 Å². The summed E-state index contributed by atoms with van der Waals surface area (Å²) in [6.07, 6.45) is 0. The minimum absolute atomic E-state index is 0.169. The molecule has 0 heterocycles. The van der Waals surface area contributed by atoms with Crippen LogP contribution < -0.4 is 4.18 Å². The van der Waals surface area contributed by atoms with Crippen LogP contribution in [0.25, 0.3) is 0 Å². The number of hydrogen-bond acceptors (Lipinski definition) is 6. The highest BCUT2D eigenvalue weighted by atomic mass is 32.2. The molecule has 2 aromatic rings. The number of rotatable bonds is 5. The second-order valence-electron chi connectivity index (χ2n) is 4.75. The molecule has 8 heteroatoms. The summed E-state index contributed by atoms with van der Waals surface area (Å²) >= 11 is 0. The predicted molar refractivity (Wildman–Crippen MR) is 82.0 cm³/mol. The fourth-order valence-corrected chi connectivity index (χ4v) is 2.84. The number of esters is 1. The van der Waals surface area contributed by atoms with Gasteiger partial charge in [0.2, 0.25) is 0 Å². The molecule has 0 aromatic heterocycles. The van der Waals surface area contributed by atoms with E-state index in [-0.39, 0.29) is 21.8 Å². The monoisotopic (exact) mass is 352 g/mol. The summed E-state index contributed by atoms with van der Waals surface area (Å²) in [6.45, 7) is 1.17. The maximum atomic E-state index is 13.2. The van der Waals surface area contributed by atoms with Crippen LogP contribution >= 0.6 is 0 Å². The van der Waals surface area contributed by atoms with Gasteiger partial charge in [-0.1, -0.05) is 0 Å². The SMILES string of the molecule is COC(=O)c1ccc(S(=O)(=O)Oc2ccc(F)cc2C(C)=O)cc1. The Morgan fingerprint density at radius 1 is 1.04 bits per heavy atom. The molecule has 0 aliphatic rings. The van der Waals surface area contributed by atoms with E-state index in [4.69, 9.17) is 4.18 Å². The topological polar surface area (TPSA) is 86.7 Å². The third-order valence-electron chi connectivity index (χ3n) is 3.08. The molecule has 0 amide bonds. The Labute approximate surface area is 137 Å². The lowest BCUT2D eigenvalue weighted by Crippen LogP contribution is -2.12. The van der Waals surface area contributed by atoms with Crippen molar-refractivity contribution in [2.24, 2.45) is 0 Å². The van der Waals surface area contributed by atoms with Crippen LogP contribution in [-0.4, -0.2) is 27.3 Å². The van der Waals surface area contributed by atoms with E-state index in [1.807, 2.05) is 0 Å². The summed E-state index contributed by atoms with van der Waals surface area (Å²) < 4.78 is 47.2. The van der Waals surface area contributed by atoms with E-state index < -0.39 is 27.7 Å². The van der Waals surface area contributed by atoms with Crippen molar-refractivity contribution >= 4 is 21.9 Å². The van der Waals surface area contributed by atoms with Crippen molar-refractivity contribution < 1.29 is 31.3 Å². The first kappa shape index (κ1) is 17.6. The molecule has 0 aliphatic heterocycles. The Hall–Kier alpha value is -2.74. The van der Waals surface area contributed by atoms with Gasteiger partial charge in [0.15, 0.2) is 11.5 Å². The van der Waals surface area contributed by atoms with Crippen molar-refractivity contribution in [2.75, 3.05) is 7.11 Å². The van der Waals surface area contributed by atoms with Gasteiger partial charge in [0.05, 0.1) is 18.2 Å². The first-order valence-corrected chi connectivity index (χ1v) is 8.09. The van der Waals surface area contributed by atoms with Crippen molar-refractivity contribution in [2.45, 2.75) is 11.8 Å². The van der Waals surface area contributed by atoms with E-state index >= 15 is 0 Å². The zero-order chi connectivity index (χ0) is 17.9. The standard InChI is InChI=1S/C16H13FO6S/c1-10(18)14-9-12(17)5-8-15(14)23-24(20,21)13-6-3-11(4-7-13)16(19)22-2/h3-9H,1-2H3. The minimum Gasteiger partial charge on any atom is -0.465 e. The summed E-state index contributed by atoms with van der Waals surface area (Å²) in [7, 11) is -3.06. The summed E-state index contributed by atoms with van der Waals surface area (Å²) in [4.78, 5) is 22.6. The number of Topliss-reactive ketones (excluding diaryl/α,β-unsaturated/α-hetero) is 1. The first-order chi connectivity index (χ1) is 11.2. The second kappa shape index (κ2) is 6.79. The molecule has 0 atom stereocenters. The molecule has 0 fully saturated rings. The van der Waals surface area contributed by atoms with Gasteiger partial charge in [-0.2, -0.15) is 8.42 Å². The van der Waals surface area contributed by atoms with E-state index in [0.29, 0.717) is 0 Å². The number of ketones is 1. The van der Waals surface area contributed by atoms with Crippen molar-refractivity contribution in [3.05, 3.63) is 59.4 Å². The molecule has 0 saturated carbocycles. The van der Waals surface area contributed by atoms with Crippen LogP contribution in [0.15, 0.2) is 47.4 Å². The number of benzene rings is 2. The summed E-state index contributed by atoms with van der Waals surface area (Å²) in [5, 5.41) is 0. The third-order valence-corrected chi connectivity index (χ3v) is 4.33. The number of carbonyl (C=O) groups is 2. The van der Waals surface area contributed by atoms with Crippen LogP contribution in [0, 0.1) is 5.82 Å². The highest BCUT2D eigenvalue weighted by molar-refractivity contribution is 7.87. The van der Waals surface area contributed by atoms with E-state index in [1.165, 1.54) is 38.3 Å². The van der Waals surface area contributed by atoms with Gasteiger partial charge in [0.25, 0.3) is 0 Å². The third kappa shape index (κ3) is 3.77. The van der Waals surface area contributed by atoms with E-state index in [2.05, 4.69) is 4.74 Å². The van der Waals surface area contributed by atoms with Crippen LogP contribution in [0.5, 0.6) is 5.75 Å². The predicted octanol–water partition coefficient (Wildman–Crippen LogP) is 2.58. The van der Waals surface area contributed by atoms with E-state index in [9.17, 15) is 22.4 Å². The Balaban J connectivity index is 2.35. The lowest BCUT2D eigenvalue weighted by molar-refractivity contribution is 0.0600. The fourth-order valence-electron chi connectivity index (χ4n) is 1.89. The maximum absolute atomic E-state index is 13.2. The zero-order valence-corrected chi connectivity index (χ0v) is 13.6. The second-order valence-corrected chi connectivity index (χ2v) is 6.30. The van der Waals surface area contributed by atoms with E-state index in [0.717, 1.165) is 18.2 Å². The van der Waals surface area contributed by atoms with E-state index in [1.54, 1.807) is 0 Å². The maximum Gasteiger partial charge on any atom is 0.339 e. The lowest BCUT2D eigenvalue weighted by Gasteiger charge is -2.10. The molecular weight excluding hydrogens is 339 g/mol. The molecule has 0 N–H and O–H groups in total. The molecule has 0 radical (unpaired) electrons. The molecule has 2 aromatic carbocycles. The van der Waals surface area contributed by atoms with Gasteiger partial charge in [-0.15, -0.1) is 0 Å². The summed E-state index contributed by atoms with van der Waals surface area (Å²) in [5.74, 6) is -2.12. The van der Waals surface area contributed by atoms with Gasteiger partial charge in [-0.3, -0.25) is 4.79 Å². The minimum atomic E-state index is -4.26. The van der Waals surface area contributed by atoms with Gasteiger partial charge in [0.1, 0.15) is 10.7 Å². The molecule has 0 aliphatic carbocycles. The smallest absolute Gasteiger partial charge is 0.339 e. The molecule has 0 unspecified atom stereocenters. The molecule has 0 saturated heterocycles. The number of hydrogen-bond donors (Lipinski definition) is 0. The van der Waals surface area contributed by atoms with Gasteiger partial charge in [-0.25, -0.2) is 9.18 Å². The first-order valence-electron chi connectivity index (χ1n) is 6.68. The van der Waals surface area contributed by atoms with Crippen molar-refractivity contribution in [1.29, 1.82) is 0 Å². The molecule has 0 bridgehead atoms. The van der Waals surface area contributed by atoms with Crippen molar-refractivity contribution in [3.63, 3.8) is 0 Å². The van der Waals surface area contributed by atoms with Gasteiger partial charge < -0.3 is 8.92 Å². The normalized spacial score (nSPS) is 11.0. The molecular formula is C16H13FO6S. The van der Waals surface area contributed by atoms with Crippen LogP contribution in [0.4, 0.5) is 4.39 Å². The Morgan fingerprint density at radius 3 is 2.21 bits per heavy atom. The average Bonchev–Trinajstić information content (AvgIpc) is 2.55. The Morgan fingerprint density at radius 2 is 1.67 bits per heavy atom. The Bertz CT molecular complexity index is 887. The average molecular weight is 352 g/mol. The molecule has 2 rings (SSSR count). The number of methoxy groups -OCH3 is 1. The quantitative estimate of drug-likeness (QED) is 0.467. The van der Waals surface area contributed by atoms with Crippen LogP contribution in [0.1, 0.15) is 27.6 Å². The van der Waals surface area contributed by atoms with Crippen LogP contribution in [-0.2, 0) is 14.9 Å². The number of halogens is 1. The highest BCUT2D eigenvalue weighted by Crippen LogP contribution is 2.24. The van der Waals surface area contributed by atoms with Crippen LogP contribution in [0.3, 0.4) is 0 Å². The van der Waals surface area contributed by atoms with Crippen molar-refractivity contribution in [1.82, 2.24) is 0 Å². The Kier molecular flexibility index (Phi) is 4.99. The highest BCUT2D eigenvalue weighted by Gasteiger charge is 2.21. The molecule has 126 valence electrons. The van der Waals surface area contributed by atoms with Crippen molar-refractivity contribution in [3.8, 4) is 5.75 Å². The zero-order valence-electron chi connectivity index (χ0n) is 12.8. The van der Waals surface area contributed by atoms with Gasteiger partial charge in [-0.05, 0) is 49.4 Å².